The molecule has 4 heteroatoms. The monoisotopic (exact) mass is 207 g/mol. The summed E-state index contributed by atoms with van der Waals surface area (Å²) < 4.78 is 0. The summed E-state index contributed by atoms with van der Waals surface area (Å²) in [6.07, 6.45) is 2.21. The second-order valence-electron chi connectivity index (χ2n) is 3.24. The highest BCUT2D eigenvalue weighted by molar-refractivity contribution is 5.92. The number of pyridine rings is 1. The Hall–Kier alpha value is -1.58. The van der Waals surface area contributed by atoms with Crippen LogP contribution in [0.2, 0.25) is 0 Å². The molecule has 1 rings (SSSR count). The minimum Gasteiger partial charge on any atom is -0.370 e. The van der Waals surface area contributed by atoms with E-state index in [1.165, 1.54) is 0 Å². The minimum atomic E-state index is 0.0907. The highest BCUT2D eigenvalue weighted by atomic mass is 16.2. The Morgan fingerprint density at radius 3 is 2.67 bits per heavy atom. The number of nitrogens with zero attached hydrogens (tertiary/aromatic N) is 2. The van der Waals surface area contributed by atoms with Crippen LogP contribution in [0.5, 0.6) is 0 Å². The molecule has 0 saturated carbocycles. The maximum atomic E-state index is 11.4. The van der Waals surface area contributed by atoms with Crippen LogP contribution in [0.1, 0.15) is 20.3 Å². The predicted octanol–water partition coefficient (Wildman–Crippen LogP) is 1.89. The van der Waals surface area contributed by atoms with Crippen LogP contribution in [0.3, 0.4) is 0 Å². The first-order chi connectivity index (χ1) is 7.19. The van der Waals surface area contributed by atoms with E-state index in [-0.39, 0.29) is 5.91 Å². The van der Waals surface area contributed by atoms with Gasteiger partial charge in [0.2, 0.25) is 5.91 Å². The molecular formula is C11H17N3O. The molecule has 0 aliphatic rings. The zero-order chi connectivity index (χ0) is 11.3. The van der Waals surface area contributed by atoms with Gasteiger partial charge in [-0.15, -0.1) is 0 Å². The molecule has 0 saturated heterocycles. The van der Waals surface area contributed by atoms with E-state index in [9.17, 15) is 4.79 Å². The Morgan fingerprint density at radius 2 is 2.20 bits per heavy atom. The maximum Gasteiger partial charge on any atom is 0.226 e. The molecule has 1 amide bonds. The van der Waals surface area contributed by atoms with Crippen molar-refractivity contribution in [2.45, 2.75) is 20.3 Å². The first-order valence-corrected chi connectivity index (χ1v) is 5.15. The van der Waals surface area contributed by atoms with Crippen LogP contribution in [0.15, 0.2) is 18.3 Å². The first-order valence-electron chi connectivity index (χ1n) is 5.15. The standard InChI is InChI=1S/C11H17N3O/c1-4-11(15)14(3)9-6-7-10(12-5-2)13-8-9/h6-8H,4-5H2,1-3H3,(H,12,13). The minimum absolute atomic E-state index is 0.0907. The molecule has 0 spiro atoms. The van der Waals surface area contributed by atoms with E-state index in [1.807, 2.05) is 26.0 Å². The molecule has 1 N–H and O–H groups in total. The number of rotatable bonds is 4. The molecule has 82 valence electrons. The van der Waals surface area contributed by atoms with Crippen molar-refractivity contribution in [3.05, 3.63) is 18.3 Å². The molecule has 4 nitrogen and oxygen atoms in total. The van der Waals surface area contributed by atoms with Crippen LogP contribution in [-0.2, 0) is 4.79 Å². The van der Waals surface area contributed by atoms with E-state index in [0.29, 0.717) is 6.42 Å². The van der Waals surface area contributed by atoms with E-state index in [2.05, 4.69) is 10.3 Å². The fraction of sp³-hybridized carbons (Fsp3) is 0.455. The quantitative estimate of drug-likeness (QED) is 0.820. The molecule has 1 aromatic heterocycles. The third-order valence-corrected chi connectivity index (χ3v) is 2.17. The number of carbonyl (C=O) groups excluding carboxylic acids is 1. The van der Waals surface area contributed by atoms with Gasteiger partial charge in [-0.25, -0.2) is 4.98 Å². The lowest BCUT2D eigenvalue weighted by molar-refractivity contribution is -0.118. The lowest BCUT2D eigenvalue weighted by Gasteiger charge is -2.16. The number of amides is 1. The van der Waals surface area contributed by atoms with Crippen molar-refractivity contribution in [2.24, 2.45) is 0 Å². The van der Waals surface area contributed by atoms with E-state index >= 15 is 0 Å². The summed E-state index contributed by atoms with van der Waals surface area (Å²) in [5.41, 5.74) is 0.823. The van der Waals surface area contributed by atoms with Gasteiger partial charge < -0.3 is 10.2 Å². The number of hydrogen-bond donors (Lipinski definition) is 1. The van der Waals surface area contributed by atoms with Crippen molar-refractivity contribution >= 4 is 17.4 Å². The molecule has 0 fully saturated rings. The highest BCUT2D eigenvalue weighted by Gasteiger charge is 2.08. The molecular weight excluding hydrogens is 190 g/mol. The third kappa shape index (κ3) is 2.94. The van der Waals surface area contributed by atoms with Crippen molar-refractivity contribution in [2.75, 3.05) is 23.8 Å². The summed E-state index contributed by atoms with van der Waals surface area (Å²) in [7, 11) is 1.76. The second-order valence-corrected chi connectivity index (χ2v) is 3.24. The van der Waals surface area contributed by atoms with Gasteiger partial charge in [-0.05, 0) is 19.1 Å². The van der Waals surface area contributed by atoms with Gasteiger partial charge in [0, 0.05) is 20.0 Å². The second kappa shape index (κ2) is 5.34. The van der Waals surface area contributed by atoms with E-state index in [4.69, 9.17) is 0 Å². The van der Waals surface area contributed by atoms with Crippen molar-refractivity contribution in [1.82, 2.24) is 4.98 Å². The Bertz CT molecular complexity index is 321. The molecule has 0 aromatic carbocycles. The molecule has 0 unspecified atom stereocenters. The maximum absolute atomic E-state index is 11.4. The Balaban J connectivity index is 2.75. The normalized spacial score (nSPS) is 9.80. The molecule has 0 bridgehead atoms. The van der Waals surface area contributed by atoms with Gasteiger partial charge in [-0.1, -0.05) is 6.92 Å². The average Bonchev–Trinajstić information content (AvgIpc) is 2.28. The van der Waals surface area contributed by atoms with Gasteiger partial charge in [-0.3, -0.25) is 4.79 Å². The number of anilines is 2. The first kappa shape index (κ1) is 11.5. The van der Waals surface area contributed by atoms with Gasteiger partial charge in [-0.2, -0.15) is 0 Å². The third-order valence-electron chi connectivity index (χ3n) is 2.17. The SMILES string of the molecule is CCNc1ccc(N(C)C(=O)CC)cn1. The van der Waals surface area contributed by atoms with Crippen LogP contribution in [0.4, 0.5) is 11.5 Å². The molecule has 0 aliphatic heterocycles. The summed E-state index contributed by atoms with van der Waals surface area (Å²) >= 11 is 0. The number of hydrogen-bond acceptors (Lipinski definition) is 3. The van der Waals surface area contributed by atoms with Gasteiger partial charge in [0.25, 0.3) is 0 Å². The van der Waals surface area contributed by atoms with Crippen molar-refractivity contribution < 1.29 is 4.79 Å². The molecule has 0 radical (unpaired) electrons. The topological polar surface area (TPSA) is 45.2 Å². The Labute approximate surface area is 90.3 Å². The summed E-state index contributed by atoms with van der Waals surface area (Å²) in [6, 6.07) is 3.76. The van der Waals surface area contributed by atoms with Crippen molar-refractivity contribution in [1.29, 1.82) is 0 Å². The van der Waals surface area contributed by atoms with Crippen LogP contribution in [0.25, 0.3) is 0 Å². The van der Waals surface area contributed by atoms with Crippen LogP contribution < -0.4 is 10.2 Å². The van der Waals surface area contributed by atoms with Gasteiger partial charge >= 0.3 is 0 Å². The fourth-order valence-corrected chi connectivity index (χ4v) is 1.25. The van der Waals surface area contributed by atoms with E-state index in [0.717, 1.165) is 18.1 Å². The summed E-state index contributed by atoms with van der Waals surface area (Å²) in [5, 5.41) is 3.10. The lowest BCUT2D eigenvalue weighted by atomic mass is 10.3. The highest BCUT2D eigenvalue weighted by Crippen LogP contribution is 2.14. The van der Waals surface area contributed by atoms with Gasteiger partial charge in [0.05, 0.1) is 11.9 Å². The molecule has 0 atom stereocenters. The smallest absolute Gasteiger partial charge is 0.226 e. The Morgan fingerprint density at radius 1 is 1.47 bits per heavy atom. The summed E-state index contributed by atoms with van der Waals surface area (Å²) in [4.78, 5) is 17.2. The predicted molar refractivity (Wildman–Crippen MR) is 62.1 cm³/mol. The molecule has 1 heterocycles. The van der Waals surface area contributed by atoms with E-state index in [1.54, 1.807) is 18.1 Å². The van der Waals surface area contributed by atoms with Crippen LogP contribution in [0, 0.1) is 0 Å². The summed E-state index contributed by atoms with van der Waals surface area (Å²) in [5.74, 6) is 0.923. The number of aromatic nitrogens is 1. The van der Waals surface area contributed by atoms with Gasteiger partial charge in [0.1, 0.15) is 5.82 Å². The molecule has 15 heavy (non-hydrogen) atoms. The zero-order valence-corrected chi connectivity index (χ0v) is 9.45. The van der Waals surface area contributed by atoms with Crippen molar-refractivity contribution in [3.63, 3.8) is 0 Å². The van der Waals surface area contributed by atoms with Crippen LogP contribution >= 0.6 is 0 Å². The van der Waals surface area contributed by atoms with Gasteiger partial charge in [0.15, 0.2) is 0 Å². The van der Waals surface area contributed by atoms with E-state index < -0.39 is 0 Å². The Kier molecular flexibility index (Phi) is 4.09. The summed E-state index contributed by atoms with van der Waals surface area (Å²) in [6.45, 7) is 4.71. The number of carbonyl (C=O) groups is 1. The van der Waals surface area contributed by atoms with Crippen LogP contribution in [-0.4, -0.2) is 24.5 Å². The average molecular weight is 207 g/mol. The molecule has 0 aliphatic carbocycles. The largest absolute Gasteiger partial charge is 0.370 e. The fourth-order valence-electron chi connectivity index (χ4n) is 1.25. The lowest BCUT2D eigenvalue weighted by Crippen LogP contribution is -2.25. The zero-order valence-electron chi connectivity index (χ0n) is 9.45. The molecule has 1 aromatic rings. The number of nitrogens with one attached hydrogen (secondary N) is 1. The van der Waals surface area contributed by atoms with Crippen molar-refractivity contribution in [3.8, 4) is 0 Å².